The summed E-state index contributed by atoms with van der Waals surface area (Å²) in [5, 5.41) is 24.2. The molecule has 0 atom stereocenters. The number of nitrogens with zero attached hydrogens (tertiary/aromatic N) is 4. The quantitative estimate of drug-likeness (QED) is 0.273. The number of pyridine rings is 1. The number of tetrazole rings is 1. The Balaban J connectivity index is 1.47. The summed E-state index contributed by atoms with van der Waals surface area (Å²) < 4.78 is 5.97. The molecule has 0 spiro atoms. The van der Waals surface area contributed by atoms with Crippen molar-refractivity contribution in [3.05, 3.63) is 82.7 Å². The van der Waals surface area contributed by atoms with E-state index in [0.29, 0.717) is 45.8 Å². The predicted octanol–water partition coefficient (Wildman–Crippen LogP) is 3.47. The second-order valence-corrected chi connectivity index (χ2v) is 7.68. The number of phenols is 1. The number of ether oxygens (including phenoxy) is 1. The number of carbonyl (C=O) groups is 2. The van der Waals surface area contributed by atoms with E-state index in [2.05, 4.69) is 25.6 Å². The Morgan fingerprint density at radius 3 is 2.65 bits per heavy atom. The maximum atomic E-state index is 12.9. The molecule has 0 aliphatic heterocycles. The molecular weight excluding hydrogens is 434 g/mol. The lowest BCUT2D eigenvalue weighted by Gasteiger charge is -2.15. The number of nitrogens with one attached hydrogen (secondary N) is 1. The maximum absolute atomic E-state index is 12.9. The number of phenolic OH excluding ortho intramolecular Hbond substituents is 1. The number of aldehydes is 1. The fourth-order valence-electron chi connectivity index (χ4n) is 3.60. The van der Waals surface area contributed by atoms with Crippen LogP contribution in [-0.4, -0.2) is 42.8 Å². The van der Waals surface area contributed by atoms with E-state index in [1.54, 1.807) is 36.5 Å². The van der Waals surface area contributed by atoms with Crippen LogP contribution in [0, 0.1) is 0 Å². The van der Waals surface area contributed by atoms with Gasteiger partial charge in [0.2, 0.25) is 5.82 Å². The summed E-state index contributed by atoms with van der Waals surface area (Å²) in [5.41, 5.74) is 3.68. The molecule has 0 amide bonds. The Morgan fingerprint density at radius 2 is 1.94 bits per heavy atom. The fourth-order valence-corrected chi connectivity index (χ4v) is 3.60. The van der Waals surface area contributed by atoms with Gasteiger partial charge in [-0.15, -0.1) is 10.2 Å². The van der Waals surface area contributed by atoms with E-state index in [9.17, 15) is 14.7 Å². The summed E-state index contributed by atoms with van der Waals surface area (Å²) in [6, 6.07) is 12.3. The Labute approximate surface area is 195 Å². The molecule has 0 aliphatic carbocycles. The normalized spacial score (nSPS) is 10.7. The van der Waals surface area contributed by atoms with Crippen LogP contribution in [-0.2, 0) is 24.2 Å². The topological polar surface area (TPSA) is 131 Å². The average molecular weight is 457 g/mol. The SMILES string of the molecule is CCCc1c(OCc2ccc(C(=O)c3cncc(-c4nn[nH]n4)c3)cc2)ccc(CC=O)c1O. The summed E-state index contributed by atoms with van der Waals surface area (Å²) in [4.78, 5) is 27.9. The van der Waals surface area contributed by atoms with E-state index in [-0.39, 0.29) is 24.6 Å². The van der Waals surface area contributed by atoms with Crippen molar-refractivity contribution in [3.8, 4) is 22.9 Å². The van der Waals surface area contributed by atoms with Crippen molar-refractivity contribution < 1.29 is 19.4 Å². The van der Waals surface area contributed by atoms with Gasteiger partial charge >= 0.3 is 0 Å². The van der Waals surface area contributed by atoms with Gasteiger partial charge in [-0.05, 0) is 29.3 Å². The lowest BCUT2D eigenvalue weighted by atomic mass is 10.0. The predicted molar refractivity (Wildman–Crippen MR) is 123 cm³/mol. The molecule has 172 valence electrons. The minimum atomic E-state index is -0.175. The Bertz CT molecular complexity index is 1290. The molecule has 2 N–H and O–H groups in total. The van der Waals surface area contributed by atoms with Gasteiger partial charge in [-0.3, -0.25) is 9.78 Å². The van der Waals surface area contributed by atoms with Gasteiger partial charge in [0, 0.05) is 46.6 Å². The number of ketones is 1. The molecule has 4 aromatic rings. The average Bonchev–Trinajstić information content (AvgIpc) is 3.41. The lowest BCUT2D eigenvalue weighted by Crippen LogP contribution is -2.04. The van der Waals surface area contributed by atoms with Crippen LogP contribution in [0.4, 0.5) is 0 Å². The highest BCUT2D eigenvalue weighted by molar-refractivity contribution is 6.09. The number of rotatable bonds is 10. The highest BCUT2D eigenvalue weighted by atomic mass is 16.5. The van der Waals surface area contributed by atoms with Crippen molar-refractivity contribution in [1.82, 2.24) is 25.6 Å². The minimum Gasteiger partial charge on any atom is -0.507 e. The van der Waals surface area contributed by atoms with Crippen LogP contribution in [0.5, 0.6) is 11.5 Å². The maximum Gasteiger partial charge on any atom is 0.206 e. The molecule has 0 fully saturated rings. The van der Waals surface area contributed by atoms with Crippen molar-refractivity contribution in [2.75, 3.05) is 0 Å². The first-order valence-electron chi connectivity index (χ1n) is 10.8. The van der Waals surface area contributed by atoms with E-state index in [0.717, 1.165) is 18.3 Å². The number of aromatic nitrogens is 5. The first-order chi connectivity index (χ1) is 16.6. The van der Waals surface area contributed by atoms with E-state index < -0.39 is 0 Å². The van der Waals surface area contributed by atoms with Gasteiger partial charge in [0.1, 0.15) is 24.4 Å². The molecule has 9 heteroatoms. The monoisotopic (exact) mass is 457 g/mol. The Morgan fingerprint density at radius 1 is 1.12 bits per heavy atom. The number of carbonyl (C=O) groups excluding carboxylic acids is 2. The number of benzene rings is 2. The van der Waals surface area contributed by atoms with Crippen LogP contribution in [0.3, 0.4) is 0 Å². The second-order valence-electron chi connectivity index (χ2n) is 7.68. The van der Waals surface area contributed by atoms with Crippen LogP contribution in [0.1, 0.15) is 46.0 Å². The Hall–Kier alpha value is -4.40. The third-order valence-electron chi connectivity index (χ3n) is 5.34. The number of hydrogen-bond acceptors (Lipinski definition) is 8. The zero-order valence-corrected chi connectivity index (χ0v) is 18.6. The first-order valence-corrected chi connectivity index (χ1v) is 10.8. The molecule has 0 saturated carbocycles. The molecule has 2 heterocycles. The van der Waals surface area contributed by atoms with E-state index in [1.165, 1.54) is 6.20 Å². The van der Waals surface area contributed by atoms with Gasteiger partial charge in [0.25, 0.3) is 0 Å². The smallest absolute Gasteiger partial charge is 0.206 e. The molecule has 9 nitrogen and oxygen atoms in total. The van der Waals surface area contributed by atoms with E-state index in [1.807, 2.05) is 19.1 Å². The number of aromatic amines is 1. The molecule has 0 radical (unpaired) electrons. The van der Waals surface area contributed by atoms with Gasteiger partial charge in [0.05, 0.1) is 0 Å². The van der Waals surface area contributed by atoms with Gasteiger partial charge in [-0.2, -0.15) is 5.21 Å². The Kier molecular flexibility index (Phi) is 7.02. The van der Waals surface area contributed by atoms with Crippen molar-refractivity contribution in [1.29, 1.82) is 0 Å². The number of aromatic hydroxyl groups is 1. The zero-order valence-electron chi connectivity index (χ0n) is 18.6. The van der Waals surface area contributed by atoms with E-state index >= 15 is 0 Å². The molecule has 2 aromatic heterocycles. The van der Waals surface area contributed by atoms with Crippen LogP contribution < -0.4 is 4.74 Å². The minimum absolute atomic E-state index is 0.115. The third-order valence-corrected chi connectivity index (χ3v) is 5.34. The van der Waals surface area contributed by atoms with Gasteiger partial charge in [-0.25, -0.2) is 0 Å². The third kappa shape index (κ3) is 4.98. The standard InChI is InChI=1S/C25H23N5O4/c1-2-3-21-22(9-8-18(10-11-31)24(21)33)34-15-16-4-6-17(7-5-16)23(32)19-12-20(14-26-13-19)25-27-29-30-28-25/h4-9,11-14,33H,2-3,10,15H2,1H3,(H,27,28,29,30). The summed E-state index contributed by atoms with van der Waals surface area (Å²) in [6.07, 6.45) is 5.46. The van der Waals surface area contributed by atoms with Crippen LogP contribution in [0.15, 0.2) is 54.9 Å². The summed E-state index contributed by atoms with van der Waals surface area (Å²) in [6.45, 7) is 2.28. The second kappa shape index (κ2) is 10.5. The molecule has 34 heavy (non-hydrogen) atoms. The molecule has 0 aliphatic rings. The van der Waals surface area contributed by atoms with Gasteiger partial charge < -0.3 is 14.6 Å². The summed E-state index contributed by atoms with van der Waals surface area (Å²) >= 11 is 0. The fraction of sp³-hybridized carbons (Fsp3) is 0.200. The molecule has 4 rings (SSSR count). The number of hydrogen-bond donors (Lipinski definition) is 2. The van der Waals surface area contributed by atoms with Crippen LogP contribution >= 0.6 is 0 Å². The van der Waals surface area contributed by atoms with Crippen LogP contribution in [0.2, 0.25) is 0 Å². The zero-order chi connectivity index (χ0) is 23.9. The van der Waals surface area contributed by atoms with Crippen molar-refractivity contribution in [2.45, 2.75) is 32.8 Å². The summed E-state index contributed by atoms with van der Waals surface area (Å²) in [7, 11) is 0. The number of H-pyrrole nitrogens is 1. The highest BCUT2D eigenvalue weighted by Crippen LogP contribution is 2.33. The lowest BCUT2D eigenvalue weighted by molar-refractivity contribution is -0.107. The molecule has 0 unspecified atom stereocenters. The van der Waals surface area contributed by atoms with Gasteiger partial charge in [-0.1, -0.05) is 43.7 Å². The largest absolute Gasteiger partial charge is 0.507 e. The molecule has 2 aromatic carbocycles. The molecular formula is C25H23N5O4. The summed E-state index contributed by atoms with van der Waals surface area (Å²) in [5.74, 6) is 0.885. The van der Waals surface area contributed by atoms with Crippen molar-refractivity contribution >= 4 is 12.1 Å². The van der Waals surface area contributed by atoms with Gasteiger partial charge in [0.15, 0.2) is 5.78 Å². The highest BCUT2D eigenvalue weighted by Gasteiger charge is 2.15. The first kappa shape index (κ1) is 22.8. The van der Waals surface area contributed by atoms with Crippen molar-refractivity contribution in [2.24, 2.45) is 0 Å². The van der Waals surface area contributed by atoms with Crippen LogP contribution in [0.25, 0.3) is 11.4 Å². The van der Waals surface area contributed by atoms with Crippen molar-refractivity contribution in [3.63, 3.8) is 0 Å². The molecule has 0 saturated heterocycles. The molecule has 0 bridgehead atoms. The van der Waals surface area contributed by atoms with E-state index in [4.69, 9.17) is 4.74 Å².